The lowest BCUT2D eigenvalue weighted by Gasteiger charge is -2.09. The summed E-state index contributed by atoms with van der Waals surface area (Å²) >= 11 is 3.24. The highest BCUT2D eigenvalue weighted by Crippen LogP contribution is 2.23. The highest BCUT2D eigenvalue weighted by molar-refractivity contribution is 9.10. The summed E-state index contributed by atoms with van der Waals surface area (Å²) in [4.78, 5) is 0. The third-order valence-electron chi connectivity index (χ3n) is 1.77. The van der Waals surface area contributed by atoms with Gasteiger partial charge in [0.2, 0.25) is 6.43 Å². The van der Waals surface area contributed by atoms with Gasteiger partial charge in [0.1, 0.15) is 0 Å². The first kappa shape index (κ1) is 9.65. The Bertz CT molecular complexity index is 243. The third kappa shape index (κ3) is 2.27. The first-order valence-corrected chi connectivity index (χ1v) is 4.44. The molecule has 1 rings (SSSR count). The van der Waals surface area contributed by atoms with E-state index in [0.717, 1.165) is 4.47 Å². The Hall–Kier alpha value is -0.440. The number of hydrogen-bond acceptors (Lipinski definition) is 0. The Morgan fingerprint density at radius 1 is 1.17 bits per heavy atom. The second kappa shape index (κ2) is 3.99. The van der Waals surface area contributed by atoms with Crippen LogP contribution in [-0.2, 0) is 0 Å². The van der Waals surface area contributed by atoms with Crippen LogP contribution in [-0.4, -0.2) is 6.43 Å². The molecule has 0 N–H and O–H groups in total. The average molecular weight is 235 g/mol. The molecule has 1 aromatic rings. The molecule has 1 aromatic carbocycles. The van der Waals surface area contributed by atoms with Crippen molar-refractivity contribution in [2.24, 2.45) is 0 Å². The van der Waals surface area contributed by atoms with E-state index < -0.39 is 12.3 Å². The fourth-order valence-electron chi connectivity index (χ4n) is 0.912. The number of rotatable bonds is 2. The van der Waals surface area contributed by atoms with Crippen LogP contribution in [0.4, 0.5) is 8.78 Å². The molecule has 1 atom stereocenters. The Morgan fingerprint density at radius 3 is 2.08 bits per heavy atom. The SMILES string of the molecule is C[C@H](c1ccc(Br)cc1)C(F)F. The molecule has 0 unspecified atom stereocenters. The van der Waals surface area contributed by atoms with Gasteiger partial charge in [-0.05, 0) is 17.7 Å². The maximum absolute atomic E-state index is 12.2. The van der Waals surface area contributed by atoms with E-state index >= 15 is 0 Å². The van der Waals surface area contributed by atoms with Crippen LogP contribution in [0, 0.1) is 0 Å². The topological polar surface area (TPSA) is 0 Å². The molecule has 0 saturated carbocycles. The second-order valence-electron chi connectivity index (χ2n) is 2.67. The van der Waals surface area contributed by atoms with E-state index in [-0.39, 0.29) is 0 Å². The highest BCUT2D eigenvalue weighted by atomic mass is 79.9. The van der Waals surface area contributed by atoms with E-state index in [0.29, 0.717) is 5.56 Å². The molecule has 0 fully saturated rings. The minimum atomic E-state index is -2.29. The molecule has 0 radical (unpaired) electrons. The van der Waals surface area contributed by atoms with Crippen LogP contribution in [0.2, 0.25) is 0 Å². The van der Waals surface area contributed by atoms with Crippen molar-refractivity contribution >= 4 is 15.9 Å². The summed E-state index contributed by atoms with van der Waals surface area (Å²) < 4.78 is 25.3. The molecule has 0 heterocycles. The number of halogens is 3. The fourth-order valence-corrected chi connectivity index (χ4v) is 1.18. The highest BCUT2D eigenvalue weighted by Gasteiger charge is 2.15. The molecular weight excluding hydrogens is 226 g/mol. The van der Waals surface area contributed by atoms with Gasteiger partial charge in [0.15, 0.2) is 0 Å². The largest absolute Gasteiger partial charge is 0.245 e. The lowest BCUT2D eigenvalue weighted by molar-refractivity contribution is 0.121. The number of benzene rings is 1. The molecule has 66 valence electrons. The van der Waals surface area contributed by atoms with Gasteiger partial charge < -0.3 is 0 Å². The molecule has 0 nitrogen and oxygen atoms in total. The average Bonchev–Trinajstić information content (AvgIpc) is 2.04. The first-order chi connectivity index (χ1) is 5.61. The lowest BCUT2D eigenvalue weighted by atomic mass is 10.0. The second-order valence-corrected chi connectivity index (χ2v) is 3.59. The van der Waals surface area contributed by atoms with Gasteiger partial charge in [-0.2, -0.15) is 0 Å². The summed E-state index contributed by atoms with van der Waals surface area (Å²) in [5, 5.41) is 0. The van der Waals surface area contributed by atoms with Crippen molar-refractivity contribution < 1.29 is 8.78 Å². The predicted molar refractivity (Wildman–Crippen MR) is 48.6 cm³/mol. The van der Waals surface area contributed by atoms with Gasteiger partial charge in [0.05, 0.1) is 0 Å². The Balaban J connectivity index is 2.82. The van der Waals surface area contributed by atoms with Gasteiger partial charge >= 0.3 is 0 Å². The van der Waals surface area contributed by atoms with E-state index in [9.17, 15) is 8.78 Å². The monoisotopic (exact) mass is 234 g/mol. The van der Waals surface area contributed by atoms with Gasteiger partial charge in [-0.15, -0.1) is 0 Å². The molecule has 0 aliphatic heterocycles. The molecule has 12 heavy (non-hydrogen) atoms. The summed E-state index contributed by atoms with van der Waals surface area (Å²) in [7, 11) is 0. The van der Waals surface area contributed by atoms with Gasteiger partial charge in [-0.3, -0.25) is 0 Å². The van der Waals surface area contributed by atoms with Gasteiger partial charge in [-0.25, -0.2) is 8.78 Å². The Labute approximate surface area is 78.7 Å². The van der Waals surface area contributed by atoms with E-state index in [1.807, 2.05) is 0 Å². The summed E-state index contributed by atoms with van der Waals surface area (Å²) in [5.74, 6) is -0.682. The van der Waals surface area contributed by atoms with Crippen LogP contribution < -0.4 is 0 Å². The standard InChI is InChI=1S/C9H9BrF2/c1-6(9(11)12)7-2-4-8(10)5-3-7/h2-6,9H,1H3/t6-/m1/s1. The summed E-state index contributed by atoms with van der Waals surface area (Å²) in [6.07, 6.45) is -2.29. The maximum Gasteiger partial charge on any atom is 0.245 e. The molecular formula is C9H9BrF2. The molecule has 0 spiro atoms. The van der Waals surface area contributed by atoms with E-state index in [4.69, 9.17) is 0 Å². The van der Waals surface area contributed by atoms with Crippen molar-refractivity contribution in [1.82, 2.24) is 0 Å². The van der Waals surface area contributed by atoms with Crippen LogP contribution in [0.15, 0.2) is 28.7 Å². The van der Waals surface area contributed by atoms with Crippen LogP contribution in [0.3, 0.4) is 0 Å². The van der Waals surface area contributed by atoms with Crippen molar-refractivity contribution in [3.63, 3.8) is 0 Å². The van der Waals surface area contributed by atoms with Gasteiger partial charge in [0.25, 0.3) is 0 Å². The van der Waals surface area contributed by atoms with Crippen LogP contribution in [0.5, 0.6) is 0 Å². The Kier molecular flexibility index (Phi) is 3.20. The van der Waals surface area contributed by atoms with E-state index in [1.165, 1.54) is 6.92 Å². The molecule has 3 heteroatoms. The Morgan fingerprint density at radius 2 is 1.67 bits per heavy atom. The molecule has 0 aliphatic carbocycles. The minimum Gasteiger partial charge on any atom is -0.210 e. The molecule has 0 amide bonds. The zero-order valence-electron chi connectivity index (χ0n) is 6.60. The molecule has 0 aromatic heterocycles. The zero-order chi connectivity index (χ0) is 9.14. The summed E-state index contributed by atoms with van der Waals surface area (Å²) in [5.41, 5.74) is 0.674. The van der Waals surface area contributed by atoms with Crippen molar-refractivity contribution in [2.75, 3.05) is 0 Å². The van der Waals surface area contributed by atoms with Gasteiger partial charge in [-0.1, -0.05) is 35.0 Å². The van der Waals surface area contributed by atoms with Crippen LogP contribution >= 0.6 is 15.9 Å². The normalized spacial score (nSPS) is 13.4. The smallest absolute Gasteiger partial charge is 0.210 e. The fraction of sp³-hybridized carbons (Fsp3) is 0.333. The number of alkyl halides is 2. The van der Waals surface area contributed by atoms with Gasteiger partial charge in [0, 0.05) is 10.4 Å². The zero-order valence-corrected chi connectivity index (χ0v) is 8.18. The summed E-state index contributed by atoms with van der Waals surface area (Å²) in [6, 6.07) is 6.96. The van der Waals surface area contributed by atoms with E-state index in [1.54, 1.807) is 24.3 Å². The number of hydrogen-bond donors (Lipinski definition) is 0. The maximum atomic E-state index is 12.2. The van der Waals surface area contributed by atoms with Crippen molar-refractivity contribution in [3.8, 4) is 0 Å². The first-order valence-electron chi connectivity index (χ1n) is 3.65. The minimum absolute atomic E-state index is 0.674. The summed E-state index contributed by atoms with van der Waals surface area (Å²) in [6.45, 7) is 1.52. The van der Waals surface area contributed by atoms with Crippen LogP contribution in [0.1, 0.15) is 18.4 Å². The lowest BCUT2D eigenvalue weighted by Crippen LogP contribution is -2.03. The predicted octanol–water partition coefficient (Wildman–Crippen LogP) is 3.82. The van der Waals surface area contributed by atoms with Crippen molar-refractivity contribution in [1.29, 1.82) is 0 Å². The molecule has 0 bridgehead atoms. The quantitative estimate of drug-likeness (QED) is 0.730. The van der Waals surface area contributed by atoms with E-state index in [2.05, 4.69) is 15.9 Å². The van der Waals surface area contributed by atoms with Crippen molar-refractivity contribution in [3.05, 3.63) is 34.3 Å². The van der Waals surface area contributed by atoms with Crippen molar-refractivity contribution in [2.45, 2.75) is 19.3 Å². The molecule has 0 aliphatic rings. The molecule has 0 saturated heterocycles. The van der Waals surface area contributed by atoms with Crippen LogP contribution in [0.25, 0.3) is 0 Å². The third-order valence-corrected chi connectivity index (χ3v) is 2.30.